The lowest BCUT2D eigenvalue weighted by molar-refractivity contribution is -0.116. The summed E-state index contributed by atoms with van der Waals surface area (Å²) in [6.07, 6.45) is 3.17. The molecule has 0 aromatic heterocycles. The van der Waals surface area contributed by atoms with Crippen LogP contribution in [-0.4, -0.2) is 35.6 Å². The number of rotatable bonds is 0. The summed E-state index contributed by atoms with van der Waals surface area (Å²) in [6.45, 7) is 6.24. The van der Waals surface area contributed by atoms with Crippen molar-refractivity contribution >= 4 is 18.6 Å². The summed E-state index contributed by atoms with van der Waals surface area (Å²) < 4.78 is 0. The van der Waals surface area contributed by atoms with Gasteiger partial charge in [0, 0.05) is 5.54 Å². The molecule has 1 aliphatic rings. The number of hydrogen-bond donors (Lipinski definition) is 0. The first-order chi connectivity index (χ1) is 5.50. The van der Waals surface area contributed by atoms with Crippen LogP contribution in [0, 0.1) is 0 Å². The standard InChI is InChI=1S/C8H13N3O/c1-8(2,3)11-5-9-4-7(12)10-6-11/h5-6H,4H2,1-3H3. The Bertz CT molecular complexity index is 237. The van der Waals surface area contributed by atoms with E-state index in [1.165, 1.54) is 6.34 Å². The molecule has 0 N–H and O–H groups in total. The fraction of sp³-hybridized carbons (Fsp3) is 0.625. The minimum atomic E-state index is -0.196. The average Bonchev–Trinajstić information content (AvgIpc) is 2.11. The van der Waals surface area contributed by atoms with E-state index in [0.29, 0.717) is 0 Å². The van der Waals surface area contributed by atoms with Gasteiger partial charge in [-0.15, -0.1) is 0 Å². The van der Waals surface area contributed by atoms with Gasteiger partial charge in [0.2, 0.25) is 0 Å². The van der Waals surface area contributed by atoms with Gasteiger partial charge in [0.25, 0.3) is 5.91 Å². The van der Waals surface area contributed by atoms with Gasteiger partial charge in [-0.05, 0) is 20.8 Å². The predicted molar refractivity (Wildman–Crippen MR) is 48.5 cm³/mol. The van der Waals surface area contributed by atoms with Gasteiger partial charge in [-0.3, -0.25) is 9.79 Å². The molecule has 0 atom stereocenters. The quantitative estimate of drug-likeness (QED) is 0.532. The molecule has 4 nitrogen and oxygen atoms in total. The summed E-state index contributed by atoms with van der Waals surface area (Å²) in [5.74, 6) is -0.196. The fourth-order valence-electron chi connectivity index (χ4n) is 0.751. The second-order valence-corrected chi connectivity index (χ2v) is 3.67. The SMILES string of the molecule is CC(C)(C)N1C=NCC(=O)N=C1. The largest absolute Gasteiger partial charge is 0.318 e. The van der Waals surface area contributed by atoms with E-state index in [1.807, 2.05) is 25.7 Å². The normalized spacial score (nSPS) is 18.2. The third-order valence-corrected chi connectivity index (χ3v) is 1.53. The van der Waals surface area contributed by atoms with Crippen molar-refractivity contribution in [3.63, 3.8) is 0 Å². The molecule has 0 saturated carbocycles. The Morgan fingerprint density at radius 3 is 2.67 bits per heavy atom. The van der Waals surface area contributed by atoms with Crippen LogP contribution in [0.5, 0.6) is 0 Å². The van der Waals surface area contributed by atoms with Crippen molar-refractivity contribution < 1.29 is 4.79 Å². The van der Waals surface area contributed by atoms with Crippen molar-refractivity contribution in [1.82, 2.24) is 4.90 Å². The molecule has 0 aliphatic carbocycles. The van der Waals surface area contributed by atoms with Crippen LogP contribution in [0.15, 0.2) is 9.98 Å². The molecule has 1 rings (SSSR count). The van der Waals surface area contributed by atoms with E-state index in [9.17, 15) is 4.79 Å². The van der Waals surface area contributed by atoms with E-state index >= 15 is 0 Å². The Morgan fingerprint density at radius 1 is 1.42 bits per heavy atom. The van der Waals surface area contributed by atoms with Gasteiger partial charge < -0.3 is 4.90 Å². The molecule has 0 spiro atoms. The van der Waals surface area contributed by atoms with Crippen molar-refractivity contribution in [2.75, 3.05) is 6.54 Å². The van der Waals surface area contributed by atoms with Crippen LogP contribution in [0.1, 0.15) is 20.8 Å². The monoisotopic (exact) mass is 167 g/mol. The molecule has 0 aromatic carbocycles. The van der Waals surface area contributed by atoms with Crippen LogP contribution in [0.2, 0.25) is 0 Å². The van der Waals surface area contributed by atoms with Crippen LogP contribution in [-0.2, 0) is 4.79 Å². The lowest BCUT2D eigenvalue weighted by Crippen LogP contribution is -2.38. The minimum Gasteiger partial charge on any atom is -0.318 e. The molecule has 0 aromatic rings. The molecule has 0 bridgehead atoms. The summed E-state index contributed by atoms with van der Waals surface area (Å²) >= 11 is 0. The highest BCUT2D eigenvalue weighted by Gasteiger charge is 2.18. The first-order valence-corrected chi connectivity index (χ1v) is 3.85. The topological polar surface area (TPSA) is 45.0 Å². The van der Waals surface area contributed by atoms with Gasteiger partial charge in [0.05, 0.1) is 6.34 Å². The average molecular weight is 167 g/mol. The van der Waals surface area contributed by atoms with Crippen molar-refractivity contribution in [3.05, 3.63) is 0 Å². The molecule has 1 aliphatic heterocycles. The molecule has 4 heteroatoms. The van der Waals surface area contributed by atoms with E-state index < -0.39 is 0 Å². The maximum Gasteiger partial charge on any atom is 0.268 e. The molecule has 0 unspecified atom stereocenters. The van der Waals surface area contributed by atoms with E-state index in [0.717, 1.165) is 0 Å². The highest BCUT2D eigenvalue weighted by atomic mass is 16.1. The third-order valence-electron chi connectivity index (χ3n) is 1.53. The van der Waals surface area contributed by atoms with Crippen molar-refractivity contribution in [2.45, 2.75) is 26.3 Å². The zero-order chi connectivity index (χ0) is 9.19. The number of carbonyl (C=O) groups excluding carboxylic acids is 1. The van der Waals surface area contributed by atoms with Crippen LogP contribution in [0.3, 0.4) is 0 Å². The Morgan fingerprint density at radius 2 is 2.08 bits per heavy atom. The molecule has 66 valence electrons. The van der Waals surface area contributed by atoms with Gasteiger partial charge >= 0.3 is 0 Å². The number of amides is 1. The smallest absolute Gasteiger partial charge is 0.268 e. The third kappa shape index (κ3) is 2.15. The van der Waals surface area contributed by atoms with Gasteiger partial charge in [0.15, 0.2) is 0 Å². The first kappa shape index (κ1) is 8.90. The van der Waals surface area contributed by atoms with E-state index in [1.54, 1.807) is 6.34 Å². The van der Waals surface area contributed by atoms with E-state index in [4.69, 9.17) is 0 Å². The molecular weight excluding hydrogens is 154 g/mol. The summed E-state index contributed by atoms with van der Waals surface area (Å²) in [5.41, 5.74) is -0.0718. The maximum atomic E-state index is 10.8. The van der Waals surface area contributed by atoms with Gasteiger partial charge in [-0.1, -0.05) is 0 Å². The van der Waals surface area contributed by atoms with Crippen molar-refractivity contribution in [2.24, 2.45) is 9.98 Å². The highest BCUT2D eigenvalue weighted by molar-refractivity contribution is 5.92. The number of nitrogens with zero attached hydrogens (tertiary/aromatic N) is 3. The predicted octanol–water partition coefficient (Wildman–Crippen LogP) is 0.684. The van der Waals surface area contributed by atoms with Gasteiger partial charge in [0.1, 0.15) is 12.9 Å². The molecule has 0 saturated heterocycles. The number of aliphatic imine (C=N–C) groups is 2. The summed E-state index contributed by atoms with van der Waals surface area (Å²) in [6, 6.07) is 0. The Labute approximate surface area is 72.0 Å². The van der Waals surface area contributed by atoms with Gasteiger partial charge in [-0.2, -0.15) is 0 Å². The van der Waals surface area contributed by atoms with Crippen LogP contribution in [0.4, 0.5) is 0 Å². The van der Waals surface area contributed by atoms with Crippen LogP contribution in [0.25, 0.3) is 0 Å². The minimum absolute atomic E-state index is 0.0718. The van der Waals surface area contributed by atoms with E-state index in [2.05, 4.69) is 9.98 Å². The van der Waals surface area contributed by atoms with Crippen LogP contribution >= 0.6 is 0 Å². The Hall–Kier alpha value is -1.19. The summed E-state index contributed by atoms with van der Waals surface area (Å²) in [5, 5.41) is 0. The zero-order valence-electron chi connectivity index (χ0n) is 7.61. The maximum absolute atomic E-state index is 10.8. The molecule has 12 heavy (non-hydrogen) atoms. The van der Waals surface area contributed by atoms with Crippen molar-refractivity contribution in [1.29, 1.82) is 0 Å². The summed E-state index contributed by atoms with van der Waals surface area (Å²) in [7, 11) is 0. The number of carbonyl (C=O) groups is 1. The Balaban J connectivity index is 2.80. The summed E-state index contributed by atoms with van der Waals surface area (Å²) in [4.78, 5) is 20.3. The van der Waals surface area contributed by atoms with Crippen LogP contribution < -0.4 is 0 Å². The first-order valence-electron chi connectivity index (χ1n) is 3.85. The molecule has 1 heterocycles. The molecule has 0 radical (unpaired) electrons. The Kier molecular flexibility index (Phi) is 2.26. The van der Waals surface area contributed by atoms with Gasteiger partial charge in [-0.25, -0.2) is 4.99 Å². The second kappa shape index (κ2) is 3.05. The molecule has 0 fully saturated rings. The number of hydrogen-bond acceptors (Lipinski definition) is 3. The fourth-order valence-corrected chi connectivity index (χ4v) is 0.751. The molecule has 1 amide bonds. The lowest BCUT2D eigenvalue weighted by Gasteiger charge is -2.28. The second-order valence-electron chi connectivity index (χ2n) is 3.67. The zero-order valence-corrected chi connectivity index (χ0v) is 7.61. The van der Waals surface area contributed by atoms with E-state index in [-0.39, 0.29) is 18.0 Å². The highest BCUT2D eigenvalue weighted by Crippen LogP contribution is 2.09. The van der Waals surface area contributed by atoms with Crippen molar-refractivity contribution in [3.8, 4) is 0 Å². The molecular formula is C8H13N3O. The lowest BCUT2D eigenvalue weighted by atomic mass is 10.1.